The summed E-state index contributed by atoms with van der Waals surface area (Å²) in [7, 11) is -3.65. The van der Waals surface area contributed by atoms with E-state index in [2.05, 4.69) is 0 Å². The van der Waals surface area contributed by atoms with Crippen LogP contribution in [0.25, 0.3) is 0 Å². The van der Waals surface area contributed by atoms with E-state index in [-0.39, 0.29) is 29.6 Å². The number of carbonyl (C=O) groups excluding carboxylic acids is 1. The lowest BCUT2D eigenvalue weighted by atomic mass is 9.91. The molecule has 0 aromatic heterocycles. The average molecular weight is 351 g/mol. The monoisotopic (exact) mass is 351 g/mol. The Labute approximate surface area is 141 Å². The normalized spacial score (nSPS) is 22.2. The quantitative estimate of drug-likeness (QED) is 0.897. The molecule has 1 unspecified atom stereocenters. The Bertz CT molecular complexity index is 771. The Morgan fingerprint density at radius 3 is 2.79 bits per heavy atom. The number of rotatable bonds is 4. The summed E-state index contributed by atoms with van der Waals surface area (Å²) in [5.41, 5.74) is 1.43. The van der Waals surface area contributed by atoms with Crippen LogP contribution in [0.3, 0.4) is 0 Å². The minimum absolute atomic E-state index is 0.00922. The van der Waals surface area contributed by atoms with Crippen LogP contribution in [0, 0.1) is 5.92 Å². The maximum atomic E-state index is 12.9. The van der Waals surface area contributed by atoms with Crippen molar-refractivity contribution in [3.8, 4) is 0 Å². The van der Waals surface area contributed by atoms with Gasteiger partial charge in [0.1, 0.15) is 0 Å². The first kappa shape index (κ1) is 17.1. The SMILES string of the molecule is O=C(O)CC1CCCN(S(=O)(=O)c2ccc3c(c2)CCCC3=O)C1. The summed E-state index contributed by atoms with van der Waals surface area (Å²) in [6.07, 6.45) is 3.37. The second-order valence-electron chi connectivity index (χ2n) is 6.56. The van der Waals surface area contributed by atoms with E-state index in [9.17, 15) is 18.0 Å². The zero-order chi connectivity index (χ0) is 17.3. The van der Waals surface area contributed by atoms with Crippen molar-refractivity contribution < 1.29 is 23.1 Å². The van der Waals surface area contributed by atoms with Gasteiger partial charge in [0.2, 0.25) is 10.0 Å². The van der Waals surface area contributed by atoms with Crippen molar-refractivity contribution in [1.29, 1.82) is 0 Å². The zero-order valence-electron chi connectivity index (χ0n) is 13.4. The molecule has 1 saturated heterocycles. The minimum Gasteiger partial charge on any atom is -0.481 e. The van der Waals surface area contributed by atoms with E-state index in [1.165, 1.54) is 10.4 Å². The van der Waals surface area contributed by atoms with Gasteiger partial charge in [0.15, 0.2) is 5.78 Å². The number of hydrogen-bond acceptors (Lipinski definition) is 4. The lowest BCUT2D eigenvalue weighted by Crippen LogP contribution is -2.40. The number of sulfonamides is 1. The molecule has 1 fully saturated rings. The molecule has 1 aliphatic heterocycles. The van der Waals surface area contributed by atoms with E-state index in [0.29, 0.717) is 31.4 Å². The van der Waals surface area contributed by atoms with Crippen molar-refractivity contribution in [1.82, 2.24) is 4.31 Å². The van der Waals surface area contributed by atoms with Gasteiger partial charge in [0, 0.05) is 31.5 Å². The third-order valence-corrected chi connectivity index (χ3v) is 6.67. The predicted molar refractivity (Wildman–Crippen MR) is 87.4 cm³/mol. The van der Waals surface area contributed by atoms with E-state index in [1.54, 1.807) is 12.1 Å². The van der Waals surface area contributed by atoms with Gasteiger partial charge in [-0.1, -0.05) is 0 Å². The van der Waals surface area contributed by atoms with Gasteiger partial charge in [0.25, 0.3) is 0 Å². The van der Waals surface area contributed by atoms with E-state index in [0.717, 1.165) is 18.4 Å². The summed E-state index contributed by atoms with van der Waals surface area (Å²) in [4.78, 5) is 23.0. The fraction of sp³-hybridized carbons (Fsp3) is 0.529. The first-order chi connectivity index (χ1) is 11.4. The molecule has 1 heterocycles. The molecule has 1 N–H and O–H groups in total. The molecule has 1 aromatic rings. The number of carboxylic acids is 1. The van der Waals surface area contributed by atoms with E-state index < -0.39 is 16.0 Å². The largest absolute Gasteiger partial charge is 0.481 e. The van der Waals surface area contributed by atoms with Crippen LogP contribution in [0.2, 0.25) is 0 Å². The predicted octanol–water partition coefficient (Wildman–Crippen LogP) is 2.08. The molecule has 1 atom stereocenters. The van der Waals surface area contributed by atoms with Crippen LogP contribution >= 0.6 is 0 Å². The third-order valence-electron chi connectivity index (χ3n) is 4.81. The molecule has 0 radical (unpaired) electrons. The van der Waals surface area contributed by atoms with Crippen LogP contribution in [-0.4, -0.2) is 42.7 Å². The van der Waals surface area contributed by atoms with Crippen molar-refractivity contribution in [2.24, 2.45) is 5.92 Å². The Morgan fingerprint density at radius 2 is 2.04 bits per heavy atom. The number of Topliss-reactive ketones (excluding diaryl/α,β-unsaturated/α-hetero) is 1. The molecule has 3 rings (SSSR count). The number of fused-ring (bicyclic) bond motifs is 1. The van der Waals surface area contributed by atoms with E-state index >= 15 is 0 Å². The van der Waals surface area contributed by atoms with Crippen LogP contribution in [0.15, 0.2) is 23.1 Å². The van der Waals surface area contributed by atoms with Crippen LogP contribution in [0.1, 0.15) is 48.0 Å². The highest BCUT2D eigenvalue weighted by Gasteiger charge is 2.32. The second-order valence-corrected chi connectivity index (χ2v) is 8.50. The van der Waals surface area contributed by atoms with Crippen molar-refractivity contribution in [2.45, 2.75) is 43.4 Å². The number of aryl methyl sites for hydroxylation is 1. The molecule has 7 heteroatoms. The molecular formula is C17H21NO5S. The second kappa shape index (κ2) is 6.64. The Kier molecular flexibility index (Phi) is 4.73. The molecule has 6 nitrogen and oxygen atoms in total. The summed E-state index contributed by atoms with van der Waals surface area (Å²) in [6.45, 7) is 0.652. The summed E-state index contributed by atoms with van der Waals surface area (Å²) < 4.78 is 27.1. The number of aliphatic carboxylic acids is 1. The molecule has 0 saturated carbocycles. The van der Waals surface area contributed by atoms with Gasteiger partial charge in [-0.25, -0.2) is 8.42 Å². The fourth-order valence-electron chi connectivity index (χ4n) is 3.59. The van der Waals surface area contributed by atoms with Crippen LogP contribution in [0.4, 0.5) is 0 Å². The van der Waals surface area contributed by atoms with Gasteiger partial charge in [-0.2, -0.15) is 4.31 Å². The molecule has 2 aliphatic rings. The van der Waals surface area contributed by atoms with Crippen molar-refractivity contribution in [3.63, 3.8) is 0 Å². The Balaban J connectivity index is 1.85. The number of benzene rings is 1. The fourth-order valence-corrected chi connectivity index (χ4v) is 5.20. The maximum Gasteiger partial charge on any atom is 0.303 e. The van der Waals surface area contributed by atoms with Crippen LogP contribution in [-0.2, 0) is 21.2 Å². The number of hydrogen-bond donors (Lipinski definition) is 1. The standard InChI is InChI=1S/C17H21NO5S/c19-16-5-1-4-13-10-14(6-7-15(13)16)24(22,23)18-8-2-3-12(11-18)9-17(20)21/h6-7,10,12H,1-5,8-9,11H2,(H,20,21). The van der Waals surface area contributed by atoms with E-state index in [4.69, 9.17) is 5.11 Å². The molecule has 0 bridgehead atoms. The molecular weight excluding hydrogens is 330 g/mol. The zero-order valence-corrected chi connectivity index (χ0v) is 14.2. The summed E-state index contributed by atoms with van der Waals surface area (Å²) in [5.74, 6) is -0.975. The van der Waals surface area contributed by atoms with Gasteiger partial charge in [-0.3, -0.25) is 9.59 Å². The van der Waals surface area contributed by atoms with E-state index in [1.807, 2.05) is 0 Å². The highest BCUT2D eigenvalue weighted by atomic mass is 32.2. The topological polar surface area (TPSA) is 91.8 Å². The highest BCUT2D eigenvalue weighted by molar-refractivity contribution is 7.89. The first-order valence-electron chi connectivity index (χ1n) is 8.26. The lowest BCUT2D eigenvalue weighted by molar-refractivity contribution is -0.138. The van der Waals surface area contributed by atoms with Gasteiger partial charge in [0.05, 0.1) is 4.90 Å². The van der Waals surface area contributed by atoms with Crippen LogP contribution in [0.5, 0.6) is 0 Å². The number of carbonyl (C=O) groups is 2. The van der Waals surface area contributed by atoms with Crippen molar-refractivity contribution >= 4 is 21.8 Å². The minimum atomic E-state index is -3.65. The van der Waals surface area contributed by atoms with Gasteiger partial charge >= 0.3 is 5.97 Å². The first-order valence-corrected chi connectivity index (χ1v) is 9.70. The van der Waals surface area contributed by atoms with Crippen molar-refractivity contribution in [3.05, 3.63) is 29.3 Å². The smallest absolute Gasteiger partial charge is 0.303 e. The molecule has 1 aromatic carbocycles. The number of carboxylic acid groups (broad SMARTS) is 1. The molecule has 130 valence electrons. The number of nitrogens with zero attached hydrogens (tertiary/aromatic N) is 1. The lowest BCUT2D eigenvalue weighted by Gasteiger charge is -2.31. The van der Waals surface area contributed by atoms with Gasteiger partial charge in [-0.15, -0.1) is 0 Å². The molecule has 0 amide bonds. The molecule has 1 aliphatic carbocycles. The third kappa shape index (κ3) is 3.37. The number of ketones is 1. The summed E-state index contributed by atoms with van der Waals surface area (Å²) in [5, 5.41) is 8.93. The molecule has 24 heavy (non-hydrogen) atoms. The van der Waals surface area contributed by atoms with Crippen molar-refractivity contribution in [2.75, 3.05) is 13.1 Å². The van der Waals surface area contributed by atoms with Gasteiger partial charge in [-0.05, 0) is 55.4 Å². The van der Waals surface area contributed by atoms with Gasteiger partial charge < -0.3 is 5.11 Å². The maximum absolute atomic E-state index is 12.9. The van der Waals surface area contributed by atoms with Crippen LogP contribution < -0.4 is 0 Å². The highest BCUT2D eigenvalue weighted by Crippen LogP contribution is 2.29. The Hall–Kier alpha value is -1.73. The Morgan fingerprint density at radius 1 is 1.25 bits per heavy atom. The summed E-state index contributed by atoms with van der Waals surface area (Å²) >= 11 is 0. The summed E-state index contributed by atoms with van der Waals surface area (Å²) in [6, 6.07) is 4.73. The number of piperidine rings is 1. The average Bonchev–Trinajstić information content (AvgIpc) is 2.54. The molecule has 0 spiro atoms.